The molecule has 0 fully saturated rings. The molecule has 5 rings (SSSR count). The summed E-state index contributed by atoms with van der Waals surface area (Å²) in [4.78, 5) is 17.4. The van der Waals surface area contributed by atoms with E-state index in [1.54, 1.807) is 4.68 Å². The minimum absolute atomic E-state index is 0.115. The van der Waals surface area contributed by atoms with Crippen molar-refractivity contribution in [3.63, 3.8) is 0 Å². The summed E-state index contributed by atoms with van der Waals surface area (Å²) in [6.45, 7) is 0.677. The van der Waals surface area contributed by atoms with E-state index in [-0.39, 0.29) is 11.7 Å². The number of hydrogen-bond acceptors (Lipinski definition) is 4. The van der Waals surface area contributed by atoms with Gasteiger partial charge in [0.05, 0.1) is 12.3 Å². The molecule has 6 heteroatoms. The van der Waals surface area contributed by atoms with Crippen molar-refractivity contribution in [3.05, 3.63) is 90.3 Å². The number of nitrogens with zero attached hydrogens (tertiary/aromatic N) is 3. The minimum atomic E-state index is -0.351. The van der Waals surface area contributed by atoms with E-state index in [1.807, 2.05) is 78.9 Å². The second-order valence-corrected chi connectivity index (χ2v) is 6.75. The molecule has 0 radical (unpaired) electrons. The summed E-state index contributed by atoms with van der Waals surface area (Å²) in [5.74, 6) is 1.25. The maximum absolute atomic E-state index is 12.9. The van der Waals surface area contributed by atoms with Gasteiger partial charge in [-0.05, 0) is 35.9 Å². The van der Waals surface area contributed by atoms with Gasteiger partial charge in [-0.15, -0.1) is 5.10 Å². The number of fused-ring (bicyclic) bond motifs is 1. The Morgan fingerprint density at radius 1 is 0.966 bits per heavy atom. The van der Waals surface area contributed by atoms with Crippen LogP contribution in [0, 0.1) is 0 Å². The number of carbonyl (C=O) groups excluding carboxylic acids is 1. The third-order valence-corrected chi connectivity index (χ3v) is 4.79. The molecule has 0 atom stereocenters. The van der Waals surface area contributed by atoms with Crippen molar-refractivity contribution in [1.82, 2.24) is 14.8 Å². The molecule has 1 aromatic heterocycles. The van der Waals surface area contributed by atoms with Gasteiger partial charge in [0.2, 0.25) is 5.82 Å². The Bertz CT molecular complexity index is 1110. The van der Waals surface area contributed by atoms with Crippen molar-refractivity contribution < 1.29 is 9.53 Å². The van der Waals surface area contributed by atoms with E-state index in [4.69, 9.17) is 4.74 Å². The maximum atomic E-state index is 12.9. The number of rotatable bonds is 4. The van der Waals surface area contributed by atoms with Crippen LogP contribution in [-0.4, -0.2) is 27.3 Å². The van der Waals surface area contributed by atoms with Crippen LogP contribution in [0.5, 0.6) is 5.75 Å². The molecule has 0 aliphatic carbocycles. The van der Waals surface area contributed by atoms with Crippen LogP contribution in [0.25, 0.3) is 17.1 Å². The number of hydrogen-bond donors (Lipinski definition) is 1. The van der Waals surface area contributed by atoms with Gasteiger partial charge in [0, 0.05) is 17.7 Å². The van der Waals surface area contributed by atoms with Crippen LogP contribution < -0.4 is 10.1 Å². The number of nitrogens with one attached hydrogen (secondary N) is 1. The predicted molar refractivity (Wildman–Crippen MR) is 110 cm³/mol. The highest BCUT2D eigenvalue weighted by molar-refractivity contribution is 6.02. The summed E-state index contributed by atoms with van der Waals surface area (Å²) in [5, 5.41) is 7.39. The smallest absolute Gasteiger partial charge is 0.295 e. The van der Waals surface area contributed by atoms with Crippen molar-refractivity contribution in [2.45, 2.75) is 6.42 Å². The number of para-hydroxylation sites is 1. The van der Waals surface area contributed by atoms with E-state index in [0.717, 1.165) is 29.0 Å². The SMILES string of the molecule is O=C(Nc1ccc2c(c1)CCO2)c1nc(-c2ccccc2)n(-c2ccccc2)n1. The van der Waals surface area contributed by atoms with Gasteiger partial charge in [-0.1, -0.05) is 48.5 Å². The second-order valence-electron chi connectivity index (χ2n) is 6.75. The normalized spacial score (nSPS) is 12.3. The van der Waals surface area contributed by atoms with Gasteiger partial charge in [0.15, 0.2) is 5.82 Å². The predicted octanol–water partition coefficient (Wildman–Crippen LogP) is 4.12. The topological polar surface area (TPSA) is 69.0 Å². The molecule has 0 saturated carbocycles. The molecule has 2 heterocycles. The highest BCUT2D eigenvalue weighted by atomic mass is 16.5. The zero-order valence-corrected chi connectivity index (χ0v) is 15.6. The van der Waals surface area contributed by atoms with Crippen molar-refractivity contribution >= 4 is 11.6 Å². The van der Waals surface area contributed by atoms with Crippen LogP contribution in [0.15, 0.2) is 78.9 Å². The Balaban J connectivity index is 1.50. The fraction of sp³-hybridized carbons (Fsp3) is 0.0870. The first-order valence-corrected chi connectivity index (χ1v) is 9.43. The summed E-state index contributed by atoms with van der Waals surface area (Å²) in [6, 6.07) is 25.0. The Hall–Kier alpha value is -3.93. The van der Waals surface area contributed by atoms with Gasteiger partial charge in [-0.25, -0.2) is 9.67 Å². The highest BCUT2D eigenvalue weighted by Crippen LogP contribution is 2.28. The van der Waals surface area contributed by atoms with Crippen LogP contribution in [0.3, 0.4) is 0 Å². The van der Waals surface area contributed by atoms with E-state index in [9.17, 15) is 4.79 Å². The largest absolute Gasteiger partial charge is 0.493 e. The number of amides is 1. The summed E-state index contributed by atoms with van der Waals surface area (Å²) >= 11 is 0. The molecular formula is C23H18N4O2. The summed E-state index contributed by atoms with van der Waals surface area (Å²) in [7, 11) is 0. The Morgan fingerprint density at radius 2 is 1.72 bits per heavy atom. The molecule has 0 unspecified atom stereocenters. The van der Waals surface area contributed by atoms with E-state index in [1.165, 1.54) is 0 Å². The quantitative estimate of drug-likeness (QED) is 0.576. The van der Waals surface area contributed by atoms with Crippen molar-refractivity contribution in [2.75, 3.05) is 11.9 Å². The molecule has 0 spiro atoms. The molecule has 4 aromatic rings. The van der Waals surface area contributed by atoms with Crippen LogP contribution >= 0.6 is 0 Å². The highest BCUT2D eigenvalue weighted by Gasteiger charge is 2.20. The molecule has 1 amide bonds. The van der Waals surface area contributed by atoms with Gasteiger partial charge in [0.25, 0.3) is 5.91 Å². The Morgan fingerprint density at radius 3 is 2.52 bits per heavy atom. The van der Waals surface area contributed by atoms with E-state index >= 15 is 0 Å². The third-order valence-electron chi connectivity index (χ3n) is 4.79. The number of carbonyl (C=O) groups is 1. The van der Waals surface area contributed by atoms with Crippen LogP contribution in [0.2, 0.25) is 0 Å². The van der Waals surface area contributed by atoms with Crippen molar-refractivity contribution in [1.29, 1.82) is 0 Å². The van der Waals surface area contributed by atoms with E-state index in [0.29, 0.717) is 18.1 Å². The first-order chi connectivity index (χ1) is 14.3. The summed E-state index contributed by atoms with van der Waals surface area (Å²) in [6.07, 6.45) is 0.845. The zero-order chi connectivity index (χ0) is 19.6. The summed E-state index contributed by atoms with van der Waals surface area (Å²) < 4.78 is 7.21. The molecule has 1 aliphatic rings. The zero-order valence-electron chi connectivity index (χ0n) is 15.6. The van der Waals surface area contributed by atoms with Crippen LogP contribution in [-0.2, 0) is 6.42 Å². The first-order valence-electron chi connectivity index (χ1n) is 9.43. The standard InChI is InChI=1S/C23H18N4O2/c28-23(24-18-11-12-20-17(15-18)13-14-29-20)21-25-22(16-7-3-1-4-8-16)27(26-21)19-9-5-2-6-10-19/h1-12,15H,13-14H2,(H,24,28). The third kappa shape index (κ3) is 3.36. The average molecular weight is 382 g/mol. The maximum Gasteiger partial charge on any atom is 0.295 e. The molecule has 0 bridgehead atoms. The Labute approximate surface area is 167 Å². The fourth-order valence-electron chi connectivity index (χ4n) is 3.38. The van der Waals surface area contributed by atoms with Crippen molar-refractivity contribution in [2.24, 2.45) is 0 Å². The number of benzene rings is 3. The lowest BCUT2D eigenvalue weighted by molar-refractivity contribution is 0.101. The minimum Gasteiger partial charge on any atom is -0.493 e. The van der Waals surface area contributed by atoms with Crippen LogP contribution in [0.1, 0.15) is 16.2 Å². The molecule has 3 aromatic carbocycles. The molecule has 142 valence electrons. The van der Waals surface area contributed by atoms with E-state index < -0.39 is 0 Å². The molecule has 6 nitrogen and oxygen atoms in total. The van der Waals surface area contributed by atoms with E-state index in [2.05, 4.69) is 15.4 Å². The Kier molecular flexibility index (Phi) is 4.29. The van der Waals surface area contributed by atoms with Gasteiger partial charge in [0.1, 0.15) is 5.75 Å². The first kappa shape index (κ1) is 17.2. The number of anilines is 1. The lowest BCUT2D eigenvalue weighted by Gasteiger charge is -2.05. The average Bonchev–Trinajstić information content (AvgIpc) is 3.42. The van der Waals surface area contributed by atoms with Gasteiger partial charge in [-0.3, -0.25) is 4.79 Å². The summed E-state index contributed by atoms with van der Waals surface area (Å²) in [5.41, 5.74) is 3.53. The fourth-order valence-corrected chi connectivity index (χ4v) is 3.38. The molecular weight excluding hydrogens is 364 g/mol. The lowest BCUT2D eigenvalue weighted by atomic mass is 10.1. The molecule has 0 saturated heterocycles. The van der Waals surface area contributed by atoms with Crippen molar-refractivity contribution in [3.8, 4) is 22.8 Å². The molecule has 1 aliphatic heterocycles. The van der Waals surface area contributed by atoms with Gasteiger partial charge >= 0.3 is 0 Å². The van der Waals surface area contributed by atoms with Gasteiger partial charge < -0.3 is 10.1 Å². The lowest BCUT2D eigenvalue weighted by Crippen LogP contribution is -2.14. The number of ether oxygens (including phenoxy) is 1. The molecule has 29 heavy (non-hydrogen) atoms. The number of aromatic nitrogens is 3. The second kappa shape index (κ2) is 7.24. The monoisotopic (exact) mass is 382 g/mol. The van der Waals surface area contributed by atoms with Crippen LogP contribution in [0.4, 0.5) is 5.69 Å². The van der Waals surface area contributed by atoms with Gasteiger partial charge in [-0.2, -0.15) is 0 Å². The molecule has 1 N–H and O–H groups in total.